The number of nitrogens with one attached hydrogen (secondary N) is 1. The molecule has 0 fully saturated rings. The highest BCUT2D eigenvalue weighted by Gasteiger charge is 2.19. The molecule has 16 heavy (non-hydrogen) atoms. The highest BCUT2D eigenvalue weighted by molar-refractivity contribution is 6.37. The number of rotatable bonds is 4. The van der Waals surface area contributed by atoms with E-state index in [0.29, 0.717) is 22.2 Å². The van der Waals surface area contributed by atoms with Crippen LogP contribution in [0.5, 0.6) is 5.75 Å². The molecule has 3 N–H and O–H groups in total. The van der Waals surface area contributed by atoms with Gasteiger partial charge in [-0.15, -0.1) is 0 Å². The van der Waals surface area contributed by atoms with E-state index in [2.05, 4.69) is 0 Å². The zero-order valence-corrected chi connectivity index (χ0v) is 10.2. The third-order valence-corrected chi connectivity index (χ3v) is 2.58. The number of hydrazine groups is 1. The maximum atomic E-state index is 11.3. The third kappa shape index (κ3) is 3.01. The Hall–Kier alpha value is -0.970. The van der Waals surface area contributed by atoms with Gasteiger partial charge >= 0.3 is 0 Å². The number of halogens is 2. The van der Waals surface area contributed by atoms with Gasteiger partial charge in [0.2, 0.25) is 0 Å². The molecule has 0 bridgehead atoms. The number of amides is 1. The minimum Gasteiger partial charge on any atom is -0.477 e. The molecule has 1 aromatic carbocycles. The molecular formula is C10H12Cl2N2O2. The van der Waals surface area contributed by atoms with E-state index in [1.807, 2.05) is 5.43 Å². The van der Waals surface area contributed by atoms with Crippen LogP contribution in [0.2, 0.25) is 10.0 Å². The van der Waals surface area contributed by atoms with E-state index in [4.69, 9.17) is 33.8 Å². The topological polar surface area (TPSA) is 64.3 Å². The van der Waals surface area contributed by atoms with Gasteiger partial charge in [-0.1, -0.05) is 36.2 Å². The predicted octanol–water partition coefficient (Wildman–Crippen LogP) is 2.14. The lowest BCUT2D eigenvalue weighted by molar-refractivity contribution is -0.128. The fourth-order valence-electron chi connectivity index (χ4n) is 1.15. The molecule has 1 rings (SSSR count). The number of nitrogens with two attached hydrogens (primary N) is 1. The zero-order chi connectivity index (χ0) is 12.1. The summed E-state index contributed by atoms with van der Waals surface area (Å²) < 4.78 is 5.42. The maximum absolute atomic E-state index is 11.3. The van der Waals surface area contributed by atoms with E-state index >= 15 is 0 Å². The van der Waals surface area contributed by atoms with Crippen LogP contribution < -0.4 is 16.0 Å². The van der Waals surface area contributed by atoms with E-state index in [9.17, 15) is 4.79 Å². The Morgan fingerprint density at radius 3 is 2.50 bits per heavy atom. The molecule has 1 aromatic rings. The Labute approximate surface area is 104 Å². The summed E-state index contributed by atoms with van der Waals surface area (Å²) in [7, 11) is 0. The lowest BCUT2D eigenvalue weighted by atomic mass is 10.2. The molecule has 0 radical (unpaired) electrons. The first-order valence-electron chi connectivity index (χ1n) is 4.71. The standard InChI is InChI=1S/C10H12Cl2N2O2/c1-2-8(10(15)14-13)16-9-6(11)4-3-5-7(9)12/h3-5,8H,2,13H2,1H3,(H,14,15)/t8-/m1/s1. The highest BCUT2D eigenvalue weighted by atomic mass is 35.5. The molecule has 0 unspecified atom stereocenters. The second-order valence-corrected chi connectivity index (χ2v) is 3.89. The van der Waals surface area contributed by atoms with Crippen LogP contribution in [0.3, 0.4) is 0 Å². The summed E-state index contributed by atoms with van der Waals surface area (Å²) >= 11 is 11.8. The fourth-order valence-corrected chi connectivity index (χ4v) is 1.64. The molecule has 0 heterocycles. The Morgan fingerprint density at radius 2 is 2.06 bits per heavy atom. The quantitative estimate of drug-likeness (QED) is 0.497. The van der Waals surface area contributed by atoms with Crippen LogP contribution >= 0.6 is 23.2 Å². The Morgan fingerprint density at radius 1 is 1.50 bits per heavy atom. The molecule has 0 aromatic heterocycles. The smallest absolute Gasteiger partial charge is 0.274 e. The summed E-state index contributed by atoms with van der Waals surface area (Å²) in [5.41, 5.74) is 2.03. The second-order valence-electron chi connectivity index (χ2n) is 3.07. The van der Waals surface area contributed by atoms with Crippen LogP contribution in [0, 0.1) is 0 Å². The van der Waals surface area contributed by atoms with Crippen molar-refractivity contribution in [2.45, 2.75) is 19.4 Å². The molecule has 0 saturated heterocycles. The molecule has 6 heteroatoms. The van der Waals surface area contributed by atoms with Crippen LogP contribution in [0.25, 0.3) is 0 Å². The predicted molar refractivity (Wildman–Crippen MR) is 63.5 cm³/mol. The van der Waals surface area contributed by atoms with Gasteiger partial charge in [-0.3, -0.25) is 10.2 Å². The minimum atomic E-state index is -0.706. The summed E-state index contributed by atoms with van der Waals surface area (Å²) in [5, 5.41) is 0.714. The molecule has 0 aliphatic heterocycles. The first-order valence-corrected chi connectivity index (χ1v) is 5.46. The van der Waals surface area contributed by atoms with Gasteiger partial charge in [-0.2, -0.15) is 0 Å². The monoisotopic (exact) mass is 262 g/mol. The van der Waals surface area contributed by atoms with Crippen molar-refractivity contribution in [1.82, 2.24) is 5.43 Å². The SMILES string of the molecule is CC[C@@H](Oc1c(Cl)cccc1Cl)C(=O)NN. The number of hydrogen-bond acceptors (Lipinski definition) is 3. The van der Waals surface area contributed by atoms with Gasteiger partial charge in [0.15, 0.2) is 11.9 Å². The van der Waals surface area contributed by atoms with Crippen LogP contribution in [0.1, 0.15) is 13.3 Å². The van der Waals surface area contributed by atoms with Crippen molar-refractivity contribution in [3.8, 4) is 5.75 Å². The van der Waals surface area contributed by atoms with E-state index < -0.39 is 12.0 Å². The van der Waals surface area contributed by atoms with Gasteiger partial charge < -0.3 is 4.74 Å². The fraction of sp³-hybridized carbons (Fsp3) is 0.300. The van der Waals surface area contributed by atoms with Crippen LogP contribution in [-0.2, 0) is 4.79 Å². The van der Waals surface area contributed by atoms with Crippen molar-refractivity contribution < 1.29 is 9.53 Å². The average Bonchev–Trinajstić information content (AvgIpc) is 2.28. The van der Waals surface area contributed by atoms with Crippen molar-refractivity contribution in [3.05, 3.63) is 28.2 Å². The number of carbonyl (C=O) groups excluding carboxylic acids is 1. The van der Waals surface area contributed by atoms with Crippen molar-refractivity contribution in [1.29, 1.82) is 0 Å². The molecule has 1 atom stereocenters. The van der Waals surface area contributed by atoms with Crippen molar-refractivity contribution >= 4 is 29.1 Å². The van der Waals surface area contributed by atoms with E-state index in [1.165, 1.54) is 0 Å². The first kappa shape index (κ1) is 13.1. The summed E-state index contributed by atoms with van der Waals surface area (Å²) in [5.74, 6) is 4.91. The summed E-state index contributed by atoms with van der Waals surface area (Å²) in [6, 6.07) is 4.97. The number of carbonyl (C=O) groups is 1. The largest absolute Gasteiger partial charge is 0.477 e. The third-order valence-electron chi connectivity index (χ3n) is 1.98. The number of hydrogen-bond donors (Lipinski definition) is 2. The molecule has 1 amide bonds. The van der Waals surface area contributed by atoms with Crippen molar-refractivity contribution in [2.75, 3.05) is 0 Å². The maximum Gasteiger partial charge on any atom is 0.274 e. The van der Waals surface area contributed by atoms with Gasteiger partial charge in [0.05, 0.1) is 10.0 Å². The van der Waals surface area contributed by atoms with Crippen LogP contribution in [-0.4, -0.2) is 12.0 Å². The molecule has 0 spiro atoms. The van der Waals surface area contributed by atoms with Crippen LogP contribution in [0.4, 0.5) is 0 Å². The van der Waals surface area contributed by atoms with Gasteiger partial charge in [0.1, 0.15) is 0 Å². The summed E-state index contributed by atoms with van der Waals surface area (Å²) in [6.07, 6.45) is -0.243. The zero-order valence-electron chi connectivity index (χ0n) is 8.67. The Balaban J connectivity index is 2.90. The number of para-hydroxylation sites is 1. The van der Waals surface area contributed by atoms with E-state index in [0.717, 1.165) is 0 Å². The Bertz CT molecular complexity index is 365. The van der Waals surface area contributed by atoms with Gasteiger partial charge in [-0.25, -0.2) is 5.84 Å². The van der Waals surface area contributed by atoms with Crippen LogP contribution in [0.15, 0.2) is 18.2 Å². The van der Waals surface area contributed by atoms with Gasteiger partial charge in [-0.05, 0) is 18.6 Å². The normalized spacial score (nSPS) is 12.0. The van der Waals surface area contributed by atoms with E-state index in [1.54, 1.807) is 25.1 Å². The molecule has 0 saturated carbocycles. The van der Waals surface area contributed by atoms with Crippen molar-refractivity contribution in [2.24, 2.45) is 5.84 Å². The summed E-state index contributed by atoms with van der Waals surface area (Å²) in [4.78, 5) is 11.3. The lowest BCUT2D eigenvalue weighted by Gasteiger charge is -2.17. The molecule has 0 aliphatic carbocycles. The number of ether oxygens (including phenoxy) is 1. The average molecular weight is 263 g/mol. The lowest BCUT2D eigenvalue weighted by Crippen LogP contribution is -2.41. The Kier molecular flexibility index (Phi) is 4.86. The second kappa shape index (κ2) is 5.94. The first-order chi connectivity index (χ1) is 7.60. The minimum absolute atomic E-state index is 0.293. The molecule has 0 aliphatic rings. The molecular weight excluding hydrogens is 251 g/mol. The van der Waals surface area contributed by atoms with E-state index in [-0.39, 0.29) is 0 Å². The van der Waals surface area contributed by atoms with Gasteiger partial charge in [0.25, 0.3) is 5.91 Å². The molecule has 4 nitrogen and oxygen atoms in total. The number of benzene rings is 1. The summed E-state index contributed by atoms with van der Waals surface area (Å²) in [6.45, 7) is 1.80. The highest BCUT2D eigenvalue weighted by Crippen LogP contribution is 2.33. The molecule has 88 valence electrons. The van der Waals surface area contributed by atoms with Crippen molar-refractivity contribution in [3.63, 3.8) is 0 Å². The van der Waals surface area contributed by atoms with Gasteiger partial charge in [0, 0.05) is 0 Å².